The largest absolute Gasteiger partial charge is 0.465 e. The second-order valence-corrected chi connectivity index (χ2v) is 9.94. The van der Waals surface area contributed by atoms with Crippen LogP contribution in [-0.2, 0) is 0 Å². The van der Waals surface area contributed by atoms with Gasteiger partial charge in [0.1, 0.15) is 13.8 Å². The molecule has 0 spiro atoms. The number of hydrogen-bond acceptors (Lipinski definition) is 3. The van der Waals surface area contributed by atoms with Crippen LogP contribution in [0.4, 0.5) is 0 Å². The predicted molar refractivity (Wildman–Crippen MR) is 67.6 cm³/mol. The molecule has 0 unspecified atom stereocenters. The Morgan fingerprint density at radius 2 is 1.87 bits per heavy atom. The summed E-state index contributed by atoms with van der Waals surface area (Å²) in [6.07, 6.45) is 0. The Bertz CT molecular complexity index is 361. The van der Waals surface area contributed by atoms with E-state index in [2.05, 4.69) is 30.8 Å². The maximum atomic E-state index is 5.82. The smallest absolute Gasteiger partial charge is 0.149 e. The van der Waals surface area contributed by atoms with Crippen molar-refractivity contribution in [2.45, 2.75) is 26.6 Å². The highest BCUT2D eigenvalue weighted by Gasteiger charge is 2.21. The molecular weight excluding hydrogens is 204 g/mol. The van der Waals surface area contributed by atoms with E-state index >= 15 is 0 Å². The van der Waals surface area contributed by atoms with Crippen molar-refractivity contribution in [2.24, 2.45) is 5.10 Å². The number of hydrogen-bond donors (Lipinski definition) is 0. The number of furan rings is 1. The lowest BCUT2D eigenvalue weighted by Crippen LogP contribution is -2.36. The van der Waals surface area contributed by atoms with Crippen molar-refractivity contribution >= 4 is 19.2 Å². The van der Waals surface area contributed by atoms with Gasteiger partial charge in [-0.25, -0.2) is 0 Å². The summed E-state index contributed by atoms with van der Waals surface area (Å²) in [6, 6.07) is 4.09. The molecule has 1 aromatic rings. The fourth-order valence-corrected chi connectivity index (χ4v) is 2.28. The molecule has 0 atom stereocenters. The van der Waals surface area contributed by atoms with Crippen molar-refractivity contribution in [3.8, 4) is 0 Å². The molecule has 0 aliphatic rings. The molecule has 0 fully saturated rings. The number of hydrazone groups is 1. The van der Waals surface area contributed by atoms with E-state index in [0.29, 0.717) is 0 Å². The molecule has 0 aromatic carbocycles. The van der Waals surface area contributed by atoms with Crippen LogP contribution in [0.5, 0.6) is 0 Å². The lowest BCUT2D eigenvalue weighted by molar-refractivity contribution is 0.435. The van der Waals surface area contributed by atoms with Gasteiger partial charge in [-0.2, -0.15) is 5.10 Å². The molecule has 1 rings (SSSR count). The van der Waals surface area contributed by atoms with Crippen LogP contribution >= 0.6 is 0 Å². The van der Waals surface area contributed by atoms with E-state index in [1.807, 2.05) is 27.1 Å². The molecule has 4 heteroatoms. The summed E-state index contributed by atoms with van der Waals surface area (Å²) in [6.45, 7) is 8.78. The second-order valence-electron chi connectivity index (χ2n) is 4.95. The third kappa shape index (κ3) is 3.23. The Balaban J connectivity index is 2.95. The Labute approximate surface area is 92.8 Å². The molecule has 0 aliphatic carbocycles. The molecule has 0 saturated heterocycles. The average molecular weight is 224 g/mol. The van der Waals surface area contributed by atoms with Gasteiger partial charge < -0.3 is 9.43 Å². The van der Waals surface area contributed by atoms with Crippen molar-refractivity contribution in [3.63, 3.8) is 0 Å². The number of nitrogens with zero attached hydrogens (tertiary/aromatic N) is 2. The Kier molecular flexibility index (Phi) is 3.39. The van der Waals surface area contributed by atoms with Gasteiger partial charge >= 0.3 is 0 Å². The first kappa shape index (κ1) is 12.0. The summed E-state index contributed by atoms with van der Waals surface area (Å²) >= 11 is 0. The molecule has 0 bridgehead atoms. The first-order valence-corrected chi connectivity index (χ1v) is 8.64. The van der Waals surface area contributed by atoms with E-state index in [9.17, 15) is 0 Å². The highest BCUT2D eigenvalue weighted by atomic mass is 28.3. The van der Waals surface area contributed by atoms with E-state index in [1.54, 1.807) is 5.01 Å². The Hall–Kier alpha value is -1.03. The molecule has 0 N–H and O–H groups in total. The molecule has 15 heavy (non-hydrogen) atoms. The maximum Gasteiger partial charge on any atom is 0.149 e. The first-order valence-electron chi connectivity index (χ1n) is 5.14. The van der Waals surface area contributed by atoms with Gasteiger partial charge in [0.25, 0.3) is 0 Å². The summed E-state index contributed by atoms with van der Waals surface area (Å²) in [5.74, 6) is 0.876. The van der Waals surface area contributed by atoms with E-state index in [0.717, 1.165) is 16.9 Å². The van der Waals surface area contributed by atoms with Crippen molar-refractivity contribution < 1.29 is 4.42 Å². The highest BCUT2D eigenvalue weighted by molar-refractivity contribution is 6.87. The van der Waals surface area contributed by atoms with Crippen molar-refractivity contribution in [3.05, 3.63) is 17.9 Å². The molecule has 3 nitrogen and oxygen atoms in total. The van der Waals surface area contributed by atoms with Crippen LogP contribution in [0.25, 0.3) is 0 Å². The number of rotatable bonds is 3. The maximum absolute atomic E-state index is 5.82. The van der Waals surface area contributed by atoms with Gasteiger partial charge in [-0.1, -0.05) is 19.6 Å². The average Bonchev–Trinajstić information content (AvgIpc) is 2.48. The molecule has 0 saturated carbocycles. The molecule has 0 amide bonds. The lowest BCUT2D eigenvalue weighted by Gasteiger charge is -2.11. The third-order valence-corrected chi connectivity index (χ3v) is 3.80. The summed E-state index contributed by atoms with van der Waals surface area (Å²) < 4.78 is 5.82. The van der Waals surface area contributed by atoms with Gasteiger partial charge in [-0.15, -0.1) is 0 Å². The minimum absolute atomic E-state index is 0.876. The standard InChI is InChI=1S/C11H20N2OSi/c1-9(12-13(2)3)10-7-8-11(14-10)15(4,5)6/h7-8H,1-6H3/b12-9+. The van der Waals surface area contributed by atoms with E-state index in [4.69, 9.17) is 4.42 Å². The minimum Gasteiger partial charge on any atom is -0.465 e. The SMILES string of the molecule is C/C(=N\N(C)C)c1ccc([Si](C)(C)C)o1. The van der Waals surface area contributed by atoms with Gasteiger partial charge in [0.15, 0.2) is 0 Å². The molecule has 84 valence electrons. The Morgan fingerprint density at radius 3 is 2.27 bits per heavy atom. The van der Waals surface area contributed by atoms with Crippen LogP contribution in [0.3, 0.4) is 0 Å². The van der Waals surface area contributed by atoms with Crippen LogP contribution in [0.15, 0.2) is 21.7 Å². The molecule has 1 heterocycles. The summed E-state index contributed by atoms with van der Waals surface area (Å²) in [5.41, 5.74) is 0.921. The van der Waals surface area contributed by atoms with Gasteiger partial charge in [-0.05, 0) is 19.1 Å². The predicted octanol–water partition coefficient (Wildman–Crippen LogP) is 2.11. The summed E-state index contributed by atoms with van der Waals surface area (Å²) in [5, 5.41) is 7.23. The molecule has 1 aromatic heterocycles. The van der Waals surface area contributed by atoms with E-state index in [-0.39, 0.29) is 0 Å². The van der Waals surface area contributed by atoms with Gasteiger partial charge in [0.2, 0.25) is 0 Å². The van der Waals surface area contributed by atoms with Crippen molar-refractivity contribution in [1.82, 2.24) is 5.01 Å². The molecular formula is C11H20N2OSi. The molecule has 0 aliphatic heterocycles. The fourth-order valence-electron chi connectivity index (χ4n) is 1.28. The summed E-state index contributed by atoms with van der Waals surface area (Å²) in [4.78, 5) is 0. The topological polar surface area (TPSA) is 28.7 Å². The van der Waals surface area contributed by atoms with Crippen LogP contribution in [-0.4, -0.2) is 32.9 Å². The van der Waals surface area contributed by atoms with Gasteiger partial charge in [0, 0.05) is 14.1 Å². The zero-order valence-corrected chi connectivity index (χ0v) is 11.5. The summed E-state index contributed by atoms with van der Waals surface area (Å²) in [7, 11) is 2.48. The fraction of sp³-hybridized carbons (Fsp3) is 0.545. The quantitative estimate of drug-likeness (QED) is 0.447. The second kappa shape index (κ2) is 4.22. The first-order chi connectivity index (χ1) is 6.80. The zero-order valence-electron chi connectivity index (χ0n) is 10.5. The molecule has 0 radical (unpaired) electrons. The highest BCUT2D eigenvalue weighted by Crippen LogP contribution is 2.08. The van der Waals surface area contributed by atoms with Crippen LogP contribution < -0.4 is 5.38 Å². The van der Waals surface area contributed by atoms with Crippen LogP contribution in [0.2, 0.25) is 19.6 Å². The zero-order chi connectivity index (χ0) is 11.6. The Morgan fingerprint density at radius 1 is 1.27 bits per heavy atom. The van der Waals surface area contributed by atoms with Crippen molar-refractivity contribution in [1.29, 1.82) is 0 Å². The van der Waals surface area contributed by atoms with Crippen LogP contribution in [0, 0.1) is 0 Å². The third-order valence-electron chi connectivity index (χ3n) is 2.05. The lowest BCUT2D eigenvalue weighted by atomic mass is 10.3. The van der Waals surface area contributed by atoms with Crippen molar-refractivity contribution in [2.75, 3.05) is 14.1 Å². The van der Waals surface area contributed by atoms with Crippen LogP contribution in [0.1, 0.15) is 12.7 Å². The van der Waals surface area contributed by atoms with Gasteiger partial charge in [0.05, 0.1) is 11.1 Å². The van der Waals surface area contributed by atoms with Gasteiger partial charge in [-0.3, -0.25) is 0 Å². The monoisotopic (exact) mass is 224 g/mol. The van der Waals surface area contributed by atoms with E-state index in [1.165, 1.54) is 0 Å². The minimum atomic E-state index is -1.33. The van der Waals surface area contributed by atoms with E-state index < -0.39 is 8.07 Å². The normalized spacial score (nSPS) is 13.1.